The third-order valence-electron chi connectivity index (χ3n) is 2.81. The van der Waals surface area contributed by atoms with Crippen LogP contribution in [0.1, 0.15) is 17.7 Å². The van der Waals surface area contributed by atoms with Gasteiger partial charge in [-0.05, 0) is 36.8 Å². The van der Waals surface area contributed by atoms with E-state index in [1.807, 2.05) is 37.3 Å². The number of aromatic nitrogens is 1. The highest BCUT2D eigenvalue weighted by molar-refractivity contribution is 7.99. The second-order valence-electron chi connectivity index (χ2n) is 4.34. The molecule has 0 spiro atoms. The highest BCUT2D eigenvalue weighted by atomic mass is 32.2. The lowest BCUT2D eigenvalue weighted by molar-refractivity contribution is 0.414. The van der Waals surface area contributed by atoms with Gasteiger partial charge in [-0.2, -0.15) is 0 Å². The topological polar surface area (TPSA) is 48.1 Å². The lowest BCUT2D eigenvalue weighted by Crippen LogP contribution is -2.22. The molecule has 100 valence electrons. The van der Waals surface area contributed by atoms with E-state index in [1.54, 1.807) is 25.1 Å². The molecule has 0 radical (unpaired) electrons. The van der Waals surface area contributed by atoms with E-state index >= 15 is 0 Å². The molecular weight excluding hydrogens is 256 g/mol. The fraction of sp³-hybridized carbons (Fsp3) is 0.267. The molecular formula is C15H18N2OS. The van der Waals surface area contributed by atoms with Crippen LogP contribution in [0, 0.1) is 0 Å². The van der Waals surface area contributed by atoms with E-state index in [2.05, 4.69) is 17.1 Å². The molecule has 2 rings (SSSR count). The second-order valence-corrected chi connectivity index (χ2v) is 5.50. The normalized spacial score (nSPS) is 13.8. The smallest absolute Gasteiger partial charge is 0.118 e. The van der Waals surface area contributed by atoms with Gasteiger partial charge >= 0.3 is 0 Å². The number of methoxy groups -OCH3 is 1. The second kappa shape index (κ2) is 6.59. The Morgan fingerprint density at radius 3 is 2.42 bits per heavy atom. The van der Waals surface area contributed by atoms with Gasteiger partial charge in [-0.15, -0.1) is 0 Å². The first kappa shape index (κ1) is 13.9. The number of hydrogen-bond donors (Lipinski definition) is 1. The van der Waals surface area contributed by atoms with Gasteiger partial charge in [-0.1, -0.05) is 30.0 Å². The Morgan fingerprint density at radius 1 is 1.16 bits per heavy atom. The minimum Gasteiger partial charge on any atom is -0.497 e. The Morgan fingerprint density at radius 2 is 1.89 bits per heavy atom. The molecule has 0 bridgehead atoms. The van der Waals surface area contributed by atoms with E-state index in [0.717, 1.165) is 10.8 Å². The molecule has 4 heteroatoms. The zero-order chi connectivity index (χ0) is 13.7. The molecule has 2 N–H and O–H groups in total. The Bertz CT molecular complexity index is 499. The summed E-state index contributed by atoms with van der Waals surface area (Å²) in [6, 6.07) is 14.0. The molecule has 0 aliphatic heterocycles. The summed E-state index contributed by atoms with van der Waals surface area (Å²) in [6.45, 7) is 2.02. The molecule has 2 aromatic rings. The molecule has 1 aromatic carbocycles. The van der Waals surface area contributed by atoms with Crippen LogP contribution in [0.3, 0.4) is 0 Å². The summed E-state index contributed by atoms with van der Waals surface area (Å²) < 4.78 is 5.18. The Balaban J connectivity index is 2.19. The van der Waals surface area contributed by atoms with Crippen molar-refractivity contribution in [2.24, 2.45) is 5.73 Å². The monoisotopic (exact) mass is 274 g/mol. The Labute approximate surface area is 118 Å². The lowest BCUT2D eigenvalue weighted by atomic mass is 10.1. The summed E-state index contributed by atoms with van der Waals surface area (Å²) in [6.07, 6.45) is 1.80. The van der Waals surface area contributed by atoms with Gasteiger partial charge in [0.1, 0.15) is 5.75 Å². The van der Waals surface area contributed by atoms with Crippen LogP contribution in [-0.2, 0) is 0 Å². The maximum Gasteiger partial charge on any atom is 0.118 e. The maximum atomic E-state index is 6.11. The van der Waals surface area contributed by atoms with Gasteiger partial charge in [-0.25, -0.2) is 4.98 Å². The van der Waals surface area contributed by atoms with Gasteiger partial charge in [0.15, 0.2) is 0 Å². The predicted octanol–water partition coefficient (Wildman–Crippen LogP) is 3.27. The van der Waals surface area contributed by atoms with E-state index in [9.17, 15) is 0 Å². The molecule has 0 aliphatic rings. The third kappa shape index (κ3) is 3.72. The first-order valence-electron chi connectivity index (χ1n) is 6.18. The van der Waals surface area contributed by atoms with Gasteiger partial charge in [0.25, 0.3) is 0 Å². The lowest BCUT2D eigenvalue weighted by Gasteiger charge is -2.20. The number of rotatable bonds is 5. The number of hydrogen-bond acceptors (Lipinski definition) is 4. The van der Waals surface area contributed by atoms with Crippen molar-refractivity contribution < 1.29 is 4.74 Å². The van der Waals surface area contributed by atoms with Crippen molar-refractivity contribution in [2.75, 3.05) is 7.11 Å². The number of nitrogens with zero attached hydrogens (tertiary/aromatic N) is 1. The van der Waals surface area contributed by atoms with Crippen molar-refractivity contribution in [3.63, 3.8) is 0 Å². The van der Waals surface area contributed by atoms with Crippen LogP contribution in [-0.4, -0.2) is 18.1 Å². The fourth-order valence-corrected chi connectivity index (χ4v) is 2.87. The van der Waals surface area contributed by atoms with Crippen molar-refractivity contribution >= 4 is 11.8 Å². The summed E-state index contributed by atoms with van der Waals surface area (Å²) in [5.74, 6) is 0.856. The van der Waals surface area contributed by atoms with Crippen LogP contribution in [0.15, 0.2) is 53.7 Å². The van der Waals surface area contributed by atoms with Crippen LogP contribution < -0.4 is 10.5 Å². The predicted molar refractivity (Wildman–Crippen MR) is 79.5 cm³/mol. The number of thioether (sulfide) groups is 1. The zero-order valence-corrected chi connectivity index (χ0v) is 11.9. The first-order chi connectivity index (χ1) is 9.20. The molecule has 1 heterocycles. The summed E-state index contributed by atoms with van der Waals surface area (Å²) in [5.41, 5.74) is 7.29. The molecule has 0 fully saturated rings. The van der Waals surface area contributed by atoms with Gasteiger partial charge < -0.3 is 10.5 Å². The Kier molecular flexibility index (Phi) is 4.82. The Hall–Kier alpha value is -1.52. The van der Waals surface area contributed by atoms with Crippen LogP contribution >= 0.6 is 11.8 Å². The average Bonchev–Trinajstić information content (AvgIpc) is 2.46. The average molecular weight is 274 g/mol. The van der Waals surface area contributed by atoms with E-state index in [4.69, 9.17) is 10.5 Å². The molecule has 2 unspecified atom stereocenters. The van der Waals surface area contributed by atoms with Crippen molar-refractivity contribution in [3.05, 3.63) is 54.2 Å². The molecule has 0 saturated heterocycles. The van der Waals surface area contributed by atoms with Crippen molar-refractivity contribution in [3.8, 4) is 5.75 Å². The molecule has 0 saturated carbocycles. The molecule has 2 atom stereocenters. The largest absolute Gasteiger partial charge is 0.497 e. The van der Waals surface area contributed by atoms with Gasteiger partial charge in [-0.3, -0.25) is 0 Å². The summed E-state index contributed by atoms with van der Waals surface area (Å²) in [7, 11) is 1.67. The van der Waals surface area contributed by atoms with Gasteiger partial charge in [0, 0.05) is 12.2 Å². The molecule has 0 amide bonds. The SMILES string of the molecule is COc1ccc(C(Sc2ccccn2)C(C)N)cc1. The number of pyridine rings is 1. The summed E-state index contributed by atoms with van der Waals surface area (Å²) in [5, 5.41) is 1.17. The number of benzene rings is 1. The number of nitrogens with two attached hydrogens (primary N) is 1. The van der Waals surface area contributed by atoms with E-state index < -0.39 is 0 Å². The van der Waals surface area contributed by atoms with Crippen LogP contribution in [0.2, 0.25) is 0 Å². The quantitative estimate of drug-likeness (QED) is 0.850. The van der Waals surface area contributed by atoms with Crippen molar-refractivity contribution in [2.45, 2.75) is 23.2 Å². The maximum absolute atomic E-state index is 6.11. The van der Waals surface area contributed by atoms with E-state index in [0.29, 0.717) is 0 Å². The van der Waals surface area contributed by atoms with Gasteiger partial charge in [0.05, 0.1) is 17.4 Å². The molecule has 3 nitrogen and oxygen atoms in total. The fourth-order valence-electron chi connectivity index (χ4n) is 1.82. The number of ether oxygens (including phenoxy) is 1. The minimum atomic E-state index is 0.0420. The highest BCUT2D eigenvalue weighted by Gasteiger charge is 2.18. The zero-order valence-electron chi connectivity index (χ0n) is 11.1. The standard InChI is InChI=1S/C15H18N2OS/c1-11(16)15(19-14-5-3-4-10-17-14)12-6-8-13(18-2)9-7-12/h3-11,15H,16H2,1-2H3. The third-order valence-corrected chi connectivity index (χ3v) is 4.25. The van der Waals surface area contributed by atoms with Gasteiger partial charge in [0.2, 0.25) is 0 Å². The van der Waals surface area contributed by atoms with E-state index in [-0.39, 0.29) is 11.3 Å². The summed E-state index contributed by atoms with van der Waals surface area (Å²) >= 11 is 1.69. The minimum absolute atomic E-state index is 0.0420. The summed E-state index contributed by atoms with van der Waals surface area (Å²) in [4.78, 5) is 4.34. The van der Waals surface area contributed by atoms with Crippen LogP contribution in [0.5, 0.6) is 5.75 Å². The van der Waals surface area contributed by atoms with E-state index in [1.165, 1.54) is 5.56 Å². The first-order valence-corrected chi connectivity index (χ1v) is 7.06. The molecule has 19 heavy (non-hydrogen) atoms. The van der Waals surface area contributed by atoms with Crippen molar-refractivity contribution in [1.82, 2.24) is 4.98 Å². The van der Waals surface area contributed by atoms with Crippen LogP contribution in [0.4, 0.5) is 0 Å². The van der Waals surface area contributed by atoms with Crippen LogP contribution in [0.25, 0.3) is 0 Å². The van der Waals surface area contributed by atoms with Crippen molar-refractivity contribution in [1.29, 1.82) is 0 Å². The molecule has 0 aliphatic carbocycles. The highest BCUT2D eigenvalue weighted by Crippen LogP contribution is 2.36. The molecule has 1 aromatic heterocycles.